The summed E-state index contributed by atoms with van der Waals surface area (Å²) >= 11 is 0. The first-order valence-electron chi connectivity index (χ1n) is 7.83. The highest BCUT2D eigenvalue weighted by atomic mass is 16.1. The van der Waals surface area contributed by atoms with Crippen LogP contribution in [0, 0.1) is 0 Å². The molecule has 2 N–H and O–H groups in total. The van der Waals surface area contributed by atoms with Crippen molar-refractivity contribution >= 4 is 5.91 Å². The molecule has 0 aromatic rings. The van der Waals surface area contributed by atoms with Gasteiger partial charge in [-0.15, -0.1) is 0 Å². The van der Waals surface area contributed by atoms with Gasteiger partial charge in [-0.05, 0) is 52.7 Å². The highest BCUT2D eigenvalue weighted by Gasteiger charge is 2.17. The molecule has 0 aromatic carbocycles. The summed E-state index contributed by atoms with van der Waals surface area (Å²) in [6.07, 6.45) is 6.82. The van der Waals surface area contributed by atoms with E-state index in [1.54, 1.807) is 0 Å². The number of piperidine rings is 1. The molecule has 0 aliphatic carbocycles. The van der Waals surface area contributed by atoms with Crippen LogP contribution in [0.3, 0.4) is 0 Å². The smallest absolute Gasteiger partial charge is 0.221 e. The fourth-order valence-corrected chi connectivity index (χ4v) is 2.55. The molecule has 0 aromatic heterocycles. The van der Waals surface area contributed by atoms with Crippen molar-refractivity contribution in [3.8, 4) is 0 Å². The average Bonchev–Trinajstić information content (AvgIpc) is 2.40. The van der Waals surface area contributed by atoms with E-state index in [1.807, 2.05) is 6.92 Å². The molecule has 0 radical (unpaired) electrons. The van der Waals surface area contributed by atoms with Crippen LogP contribution in [0.15, 0.2) is 0 Å². The minimum atomic E-state index is 0.164. The van der Waals surface area contributed by atoms with E-state index >= 15 is 0 Å². The first-order chi connectivity index (χ1) is 9.13. The van der Waals surface area contributed by atoms with Crippen molar-refractivity contribution in [2.75, 3.05) is 26.7 Å². The van der Waals surface area contributed by atoms with Gasteiger partial charge in [0.15, 0.2) is 0 Å². The average molecular weight is 269 g/mol. The number of rotatable bonds is 8. The van der Waals surface area contributed by atoms with E-state index in [0.29, 0.717) is 12.5 Å². The number of likely N-dealkylation sites (tertiary alicyclic amines) is 1. The zero-order valence-electron chi connectivity index (χ0n) is 12.9. The third kappa shape index (κ3) is 6.92. The molecule has 0 bridgehead atoms. The van der Waals surface area contributed by atoms with Crippen molar-refractivity contribution in [2.45, 2.75) is 64.5 Å². The Bertz CT molecular complexity index is 258. The Hall–Kier alpha value is -0.610. The molecule has 1 amide bonds. The maximum absolute atomic E-state index is 11.6. The molecular formula is C15H31N3O. The summed E-state index contributed by atoms with van der Waals surface area (Å²) in [4.78, 5) is 14.0. The van der Waals surface area contributed by atoms with Crippen LogP contribution in [-0.4, -0.2) is 49.6 Å². The van der Waals surface area contributed by atoms with E-state index in [4.69, 9.17) is 0 Å². The predicted octanol–water partition coefficient (Wildman–Crippen LogP) is 1.76. The van der Waals surface area contributed by atoms with Gasteiger partial charge in [0.2, 0.25) is 5.91 Å². The third-order valence-corrected chi connectivity index (χ3v) is 4.12. The van der Waals surface area contributed by atoms with E-state index in [2.05, 4.69) is 29.5 Å². The number of hydrogen-bond donors (Lipinski definition) is 2. The monoisotopic (exact) mass is 269 g/mol. The van der Waals surface area contributed by atoms with E-state index in [0.717, 1.165) is 25.6 Å². The fraction of sp³-hybridized carbons (Fsp3) is 0.933. The Kier molecular flexibility index (Phi) is 8.07. The molecular weight excluding hydrogens is 238 g/mol. The molecule has 0 saturated carbocycles. The Morgan fingerprint density at radius 2 is 2.16 bits per heavy atom. The first kappa shape index (κ1) is 16.4. The molecule has 112 valence electrons. The van der Waals surface area contributed by atoms with E-state index in [9.17, 15) is 4.79 Å². The van der Waals surface area contributed by atoms with Crippen molar-refractivity contribution in [3.63, 3.8) is 0 Å². The lowest BCUT2D eigenvalue weighted by Crippen LogP contribution is -2.38. The minimum Gasteiger partial charge on any atom is -0.354 e. The molecule has 1 saturated heterocycles. The maximum atomic E-state index is 11.6. The molecule has 1 fully saturated rings. The normalized spacial score (nSPS) is 22.2. The molecule has 19 heavy (non-hydrogen) atoms. The molecule has 1 rings (SSSR count). The fourth-order valence-electron chi connectivity index (χ4n) is 2.55. The number of carbonyl (C=O) groups is 1. The van der Waals surface area contributed by atoms with Gasteiger partial charge in [0.05, 0.1) is 0 Å². The van der Waals surface area contributed by atoms with Gasteiger partial charge in [-0.3, -0.25) is 4.79 Å². The lowest BCUT2D eigenvalue weighted by Gasteiger charge is -2.32. The van der Waals surface area contributed by atoms with E-state index < -0.39 is 0 Å². The highest BCUT2D eigenvalue weighted by Crippen LogP contribution is 2.16. The number of carbonyl (C=O) groups excluding carboxylic acids is 1. The van der Waals surface area contributed by atoms with Gasteiger partial charge in [-0.1, -0.05) is 13.3 Å². The summed E-state index contributed by atoms with van der Waals surface area (Å²) in [7, 11) is 2.23. The second-order valence-corrected chi connectivity index (χ2v) is 5.80. The Morgan fingerprint density at radius 1 is 1.37 bits per heavy atom. The van der Waals surface area contributed by atoms with Gasteiger partial charge >= 0.3 is 0 Å². The second-order valence-electron chi connectivity index (χ2n) is 5.80. The van der Waals surface area contributed by atoms with Crippen LogP contribution >= 0.6 is 0 Å². The summed E-state index contributed by atoms with van der Waals surface area (Å²) < 4.78 is 0. The molecule has 1 aliphatic heterocycles. The third-order valence-electron chi connectivity index (χ3n) is 4.12. The first-order valence-corrected chi connectivity index (χ1v) is 7.83. The summed E-state index contributed by atoms with van der Waals surface area (Å²) in [6, 6.07) is 1.03. The van der Waals surface area contributed by atoms with Crippen LogP contribution in [0.25, 0.3) is 0 Å². The zero-order chi connectivity index (χ0) is 14.1. The highest BCUT2D eigenvalue weighted by molar-refractivity contribution is 5.76. The lowest BCUT2D eigenvalue weighted by atomic mass is 10.0. The topological polar surface area (TPSA) is 44.4 Å². The van der Waals surface area contributed by atoms with Crippen LogP contribution in [0.1, 0.15) is 52.4 Å². The van der Waals surface area contributed by atoms with Gasteiger partial charge in [-0.2, -0.15) is 0 Å². The lowest BCUT2D eigenvalue weighted by molar-refractivity contribution is -0.121. The minimum absolute atomic E-state index is 0.164. The van der Waals surface area contributed by atoms with Crippen LogP contribution in [0.4, 0.5) is 0 Å². The summed E-state index contributed by atoms with van der Waals surface area (Å²) in [6.45, 7) is 7.18. The Labute approximate surface area is 118 Å². The maximum Gasteiger partial charge on any atom is 0.221 e. The quantitative estimate of drug-likeness (QED) is 0.660. The van der Waals surface area contributed by atoms with Crippen LogP contribution < -0.4 is 10.6 Å². The molecule has 4 nitrogen and oxygen atoms in total. The predicted molar refractivity (Wildman–Crippen MR) is 80.3 cm³/mol. The summed E-state index contributed by atoms with van der Waals surface area (Å²) in [5.74, 6) is 0.164. The summed E-state index contributed by atoms with van der Waals surface area (Å²) in [5, 5.41) is 6.38. The standard InChI is InChI=1S/C15H31N3O/c1-4-13(2)17-15(19)9-11-16-10-8-14-7-5-6-12-18(14)3/h13-14,16H,4-12H2,1-3H3,(H,17,19). The van der Waals surface area contributed by atoms with Crippen LogP contribution in [-0.2, 0) is 4.79 Å². The number of amides is 1. The van der Waals surface area contributed by atoms with Crippen molar-refractivity contribution in [2.24, 2.45) is 0 Å². The number of nitrogens with zero attached hydrogens (tertiary/aromatic N) is 1. The molecule has 4 heteroatoms. The van der Waals surface area contributed by atoms with Gasteiger partial charge in [0, 0.05) is 25.0 Å². The van der Waals surface area contributed by atoms with Crippen molar-refractivity contribution in [3.05, 3.63) is 0 Å². The molecule has 1 aliphatic rings. The number of hydrogen-bond acceptors (Lipinski definition) is 3. The zero-order valence-corrected chi connectivity index (χ0v) is 12.9. The van der Waals surface area contributed by atoms with Crippen molar-refractivity contribution in [1.82, 2.24) is 15.5 Å². The van der Waals surface area contributed by atoms with Gasteiger partial charge in [0.25, 0.3) is 0 Å². The molecule has 2 atom stereocenters. The molecule has 0 spiro atoms. The second kappa shape index (κ2) is 9.32. The largest absolute Gasteiger partial charge is 0.354 e. The Morgan fingerprint density at radius 3 is 2.84 bits per heavy atom. The number of nitrogens with one attached hydrogen (secondary N) is 2. The van der Waals surface area contributed by atoms with E-state index in [-0.39, 0.29) is 5.91 Å². The van der Waals surface area contributed by atoms with Crippen LogP contribution in [0.5, 0.6) is 0 Å². The van der Waals surface area contributed by atoms with Gasteiger partial charge in [0.1, 0.15) is 0 Å². The molecule has 1 heterocycles. The van der Waals surface area contributed by atoms with Gasteiger partial charge in [-0.25, -0.2) is 0 Å². The molecule has 2 unspecified atom stereocenters. The van der Waals surface area contributed by atoms with Crippen molar-refractivity contribution in [1.29, 1.82) is 0 Å². The van der Waals surface area contributed by atoms with Crippen molar-refractivity contribution < 1.29 is 4.79 Å². The SMILES string of the molecule is CCC(C)NC(=O)CCNCCC1CCCCN1C. The van der Waals surface area contributed by atoms with Gasteiger partial charge < -0.3 is 15.5 Å². The van der Waals surface area contributed by atoms with E-state index in [1.165, 1.54) is 32.2 Å². The summed E-state index contributed by atoms with van der Waals surface area (Å²) in [5.41, 5.74) is 0. The van der Waals surface area contributed by atoms with Crippen LogP contribution in [0.2, 0.25) is 0 Å². The Balaban J connectivity index is 2.00.